The van der Waals surface area contributed by atoms with Gasteiger partial charge in [0.25, 0.3) is 0 Å². The average molecular weight is 254 g/mol. The number of likely N-dealkylation sites (tertiary alicyclic amines) is 1. The Morgan fingerprint density at radius 1 is 1.39 bits per heavy atom. The Hall–Kier alpha value is -0.120. The van der Waals surface area contributed by atoms with Gasteiger partial charge in [0.05, 0.1) is 5.60 Å². The lowest BCUT2D eigenvalue weighted by molar-refractivity contribution is -0.0783. The van der Waals surface area contributed by atoms with Crippen molar-refractivity contribution in [3.8, 4) is 0 Å². The van der Waals surface area contributed by atoms with Crippen molar-refractivity contribution in [3.63, 3.8) is 0 Å². The van der Waals surface area contributed by atoms with Gasteiger partial charge in [-0.25, -0.2) is 0 Å². The second-order valence-corrected chi connectivity index (χ2v) is 6.34. The molecule has 3 atom stereocenters. The first-order chi connectivity index (χ1) is 8.63. The van der Waals surface area contributed by atoms with Crippen LogP contribution in [0.4, 0.5) is 0 Å². The highest BCUT2D eigenvalue weighted by atomic mass is 16.5. The van der Waals surface area contributed by atoms with Gasteiger partial charge in [-0.05, 0) is 59.0 Å². The molecular weight excluding hydrogens is 224 g/mol. The Morgan fingerprint density at radius 3 is 2.78 bits per heavy atom. The van der Waals surface area contributed by atoms with Crippen molar-refractivity contribution < 1.29 is 4.74 Å². The van der Waals surface area contributed by atoms with Crippen molar-refractivity contribution >= 4 is 0 Å². The third-order valence-corrected chi connectivity index (χ3v) is 4.81. The van der Waals surface area contributed by atoms with Crippen LogP contribution < -0.4 is 5.32 Å². The molecule has 0 aliphatic carbocycles. The largest absolute Gasteiger partial charge is 0.375 e. The van der Waals surface area contributed by atoms with Gasteiger partial charge in [-0.2, -0.15) is 0 Å². The fourth-order valence-corrected chi connectivity index (χ4v) is 3.20. The van der Waals surface area contributed by atoms with Gasteiger partial charge >= 0.3 is 0 Å². The van der Waals surface area contributed by atoms with E-state index in [2.05, 4.69) is 31.0 Å². The van der Waals surface area contributed by atoms with E-state index in [0.29, 0.717) is 12.1 Å². The molecule has 3 nitrogen and oxygen atoms in total. The molecule has 3 heteroatoms. The topological polar surface area (TPSA) is 24.5 Å². The van der Waals surface area contributed by atoms with Crippen molar-refractivity contribution in [2.24, 2.45) is 0 Å². The first-order valence-corrected chi connectivity index (χ1v) is 7.74. The summed E-state index contributed by atoms with van der Waals surface area (Å²) >= 11 is 0. The maximum absolute atomic E-state index is 5.90. The molecule has 3 unspecified atom stereocenters. The molecule has 18 heavy (non-hydrogen) atoms. The summed E-state index contributed by atoms with van der Waals surface area (Å²) in [6.07, 6.45) is 6.22. The number of hydrogen-bond donors (Lipinski definition) is 1. The number of rotatable bonds is 5. The van der Waals surface area contributed by atoms with Gasteiger partial charge in [0, 0.05) is 25.2 Å². The van der Waals surface area contributed by atoms with Crippen LogP contribution in [0.3, 0.4) is 0 Å². The van der Waals surface area contributed by atoms with Crippen LogP contribution in [0.5, 0.6) is 0 Å². The molecule has 0 saturated carbocycles. The van der Waals surface area contributed by atoms with Crippen LogP contribution in [0.2, 0.25) is 0 Å². The van der Waals surface area contributed by atoms with Crippen molar-refractivity contribution in [2.45, 2.75) is 70.6 Å². The minimum absolute atomic E-state index is 0.104. The van der Waals surface area contributed by atoms with Crippen LogP contribution in [0.25, 0.3) is 0 Å². The summed E-state index contributed by atoms with van der Waals surface area (Å²) in [5, 5.41) is 3.77. The fraction of sp³-hybridized carbons (Fsp3) is 1.00. The van der Waals surface area contributed by atoms with E-state index in [-0.39, 0.29) is 5.60 Å². The minimum Gasteiger partial charge on any atom is -0.375 e. The molecule has 2 aliphatic rings. The Bertz CT molecular complexity index is 253. The highest BCUT2D eigenvalue weighted by Gasteiger charge is 2.31. The molecule has 0 aromatic heterocycles. The summed E-state index contributed by atoms with van der Waals surface area (Å²) in [5.41, 5.74) is 0.104. The Kier molecular flexibility index (Phi) is 5.05. The van der Waals surface area contributed by atoms with Gasteiger partial charge < -0.3 is 10.1 Å². The Balaban J connectivity index is 1.72. The van der Waals surface area contributed by atoms with Gasteiger partial charge in [0.2, 0.25) is 0 Å². The van der Waals surface area contributed by atoms with Crippen molar-refractivity contribution in [1.29, 1.82) is 0 Å². The predicted molar refractivity (Wildman–Crippen MR) is 75.9 cm³/mol. The molecule has 0 bridgehead atoms. The first-order valence-electron chi connectivity index (χ1n) is 7.74. The van der Waals surface area contributed by atoms with E-state index in [1.807, 2.05) is 0 Å². The van der Waals surface area contributed by atoms with E-state index in [9.17, 15) is 0 Å². The number of nitrogens with zero attached hydrogens (tertiary/aromatic N) is 1. The van der Waals surface area contributed by atoms with Crippen LogP contribution in [0.15, 0.2) is 0 Å². The Labute approximate surface area is 112 Å². The van der Waals surface area contributed by atoms with E-state index in [1.165, 1.54) is 32.4 Å². The van der Waals surface area contributed by atoms with Gasteiger partial charge in [0.1, 0.15) is 0 Å². The maximum atomic E-state index is 5.90. The lowest BCUT2D eigenvalue weighted by atomic mass is 9.90. The van der Waals surface area contributed by atoms with Gasteiger partial charge in [-0.1, -0.05) is 6.92 Å². The second kappa shape index (κ2) is 6.36. The standard InChI is InChI=1S/C15H30N2O/c1-4-15(3)11-14(7-10-18-15)16-12-13(2)17-8-5-6-9-17/h13-14,16H,4-12H2,1-3H3. The fourth-order valence-electron chi connectivity index (χ4n) is 3.20. The van der Waals surface area contributed by atoms with Crippen LogP contribution in [-0.4, -0.2) is 48.8 Å². The lowest BCUT2D eigenvalue weighted by Crippen LogP contribution is -2.48. The van der Waals surface area contributed by atoms with Gasteiger partial charge in [-0.15, -0.1) is 0 Å². The molecule has 1 N–H and O–H groups in total. The zero-order valence-electron chi connectivity index (χ0n) is 12.4. The second-order valence-electron chi connectivity index (χ2n) is 6.34. The zero-order chi connectivity index (χ0) is 13.0. The molecule has 2 aliphatic heterocycles. The van der Waals surface area contributed by atoms with Crippen LogP contribution in [0, 0.1) is 0 Å². The highest BCUT2D eigenvalue weighted by Crippen LogP contribution is 2.27. The normalized spacial score (nSPS) is 35.8. The summed E-state index contributed by atoms with van der Waals surface area (Å²) in [7, 11) is 0. The monoisotopic (exact) mass is 254 g/mol. The molecule has 0 aromatic carbocycles. The zero-order valence-corrected chi connectivity index (χ0v) is 12.4. The van der Waals surface area contributed by atoms with Crippen molar-refractivity contribution in [3.05, 3.63) is 0 Å². The Morgan fingerprint density at radius 2 is 2.11 bits per heavy atom. The smallest absolute Gasteiger partial charge is 0.0666 e. The molecule has 2 fully saturated rings. The average Bonchev–Trinajstić information content (AvgIpc) is 2.90. The predicted octanol–water partition coefficient (Wildman–Crippen LogP) is 2.41. The molecule has 2 heterocycles. The van der Waals surface area contributed by atoms with E-state index in [1.54, 1.807) is 0 Å². The molecule has 0 aromatic rings. The van der Waals surface area contributed by atoms with E-state index < -0.39 is 0 Å². The van der Waals surface area contributed by atoms with Crippen LogP contribution in [-0.2, 0) is 4.74 Å². The molecule has 2 saturated heterocycles. The first kappa shape index (κ1) is 14.3. The van der Waals surface area contributed by atoms with Crippen molar-refractivity contribution in [2.75, 3.05) is 26.2 Å². The minimum atomic E-state index is 0.104. The molecule has 0 spiro atoms. The third-order valence-electron chi connectivity index (χ3n) is 4.81. The summed E-state index contributed by atoms with van der Waals surface area (Å²) < 4.78 is 5.90. The number of hydrogen-bond acceptors (Lipinski definition) is 3. The van der Waals surface area contributed by atoms with E-state index in [0.717, 1.165) is 26.0 Å². The van der Waals surface area contributed by atoms with Crippen LogP contribution >= 0.6 is 0 Å². The summed E-state index contributed by atoms with van der Waals surface area (Å²) in [6.45, 7) is 11.5. The molecular formula is C15H30N2O. The molecule has 106 valence electrons. The SMILES string of the molecule is CCC1(C)CC(NCC(C)N2CCCC2)CCO1. The maximum Gasteiger partial charge on any atom is 0.0666 e. The molecule has 0 amide bonds. The third kappa shape index (κ3) is 3.69. The van der Waals surface area contributed by atoms with Gasteiger partial charge in [0.15, 0.2) is 0 Å². The van der Waals surface area contributed by atoms with E-state index >= 15 is 0 Å². The van der Waals surface area contributed by atoms with E-state index in [4.69, 9.17) is 4.74 Å². The number of ether oxygens (including phenoxy) is 1. The van der Waals surface area contributed by atoms with Crippen molar-refractivity contribution in [1.82, 2.24) is 10.2 Å². The summed E-state index contributed by atoms with van der Waals surface area (Å²) in [5.74, 6) is 0. The molecule has 2 rings (SSSR count). The number of nitrogens with one attached hydrogen (secondary N) is 1. The highest BCUT2D eigenvalue weighted by molar-refractivity contribution is 4.86. The lowest BCUT2D eigenvalue weighted by Gasteiger charge is -2.39. The molecule has 0 radical (unpaired) electrons. The van der Waals surface area contributed by atoms with Gasteiger partial charge in [-0.3, -0.25) is 4.90 Å². The van der Waals surface area contributed by atoms with Crippen LogP contribution in [0.1, 0.15) is 52.9 Å². The summed E-state index contributed by atoms with van der Waals surface area (Å²) in [6, 6.07) is 1.33. The quantitative estimate of drug-likeness (QED) is 0.815. The summed E-state index contributed by atoms with van der Waals surface area (Å²) in [4.78, 5) is 2.62.